The second-order valence-corrected chi connectivity index (χ2v) is 3.95. The van der Waals surface area contributed by atoms with Crippen LogP contribution in [0.3, 0.4) is 0 Å². The number of benzene rings is 1. The predicted molar refractivity (Wildman–Crippen MR) is 83.4 cm³/mol. The molecule has 0 aliphatic heterocycles. The minimum atomic E-state index is -0.347. The third kappa shape index (κ3) is 10.1. The number of methoxy groups -OCH3 is 1. The van der Waals surface area contributed by atoms with Gasteiger partial charge in [0.1, 0.15) is 0 Å². The second-order valence-electron chi connectivity index (χ2n) is 3.95. The molecule has 0 bridgehead atoms. The van der Waals surface area contributed by atoms with Gasteiger partial charge < -0.3 is 4.74 Å². The van der Waals surface area contributed by atoms with Crippen molar-refractivity contribution in [3.8, 4) is 0 Å². The maximum absolute atomic E-state index is 10.2. The second kappa shape index (κ2) is 12.9. The summed E-state index contributed by atoms with van der Waals surface area (Å²) >= 11 is 0. The fraction of sp³-hybridized carbons (Fsp3) is 0.471. The molecule has 0 saturated carbocycles. The van der Waals surface area contributed by atoms with Gasteiger partial charge in [-0.15, -0.1) is 0 Å². The summed E-state index contributed by atoms with van der Waals surface area (Å²) in [6.45, 7) is 13.3. The molecule has 0 aromatic heterocycles. The van der Waals surface area contributed by atoms with E-state index >= 15 is 0 Å². The molecule has 0 saturated heterocycles. The van der Waals surface area contributed by atoms with Gasteiger partial charge in [-0.05, 0) is 31.4 Å². The summed E-state index contributed by atoms with van der Waals surface area (Å²) in [5, 5.41) is 0. The van der Waals surface area contributed by atoms with Gasteiger partial charge in [0.05, 0.1) is 7.11 Å². The molecule has 0 heterocycles. The van der Waals surface area contributed by atoms with Crippen molar-refractivity contribution in [2.75, 3.05) is 7.11 Å². The summed E-state index contributed by atoms with van der Waals surface area (Å²) < 4.78 is 4.27. The topological polar surface area (TPSA) is 26.3 Å². The van der Waals surface area contributed by atoms with E-state index in [1.807, 2.05) is 13.8 Å². The van der Waals surface area contributed by atoms with Crippen LogP contribution in [0.15, 0.2) is 36.4 Å². The van der Waals surface area contributed by atoms with Crippen LogP contribution in [0.2, 0.25) is 0 Å². The summed E-state index contributed by atoms with van der Waals surface area (Å²) in [5.74, 6) is -0.347. The monoisotopic (exact) mass is 264 g/mol. The zero-order chi connectivity index (χ0) is 15.3. The standard InChI is InChI=1S/C10H14.C5H8O2.C2H6/c1-3-6-10-8-5-4-7-9(10)2;1-4(2)5(6)7-3;1-2/h4-5,7-8H,3,6H2,1-2H3;1H2,2-3H3;1-2H3. The van der Waals surface area contributed by atoms with Crippen molar-refractivity contribution in [3.05, 3.63) is 47.5 Å². The van der Waals surface area contributed by atoms with Gasteiger partial charge in [0.15, 0.2) is 0 Å². The van der Waals surface area contributed by atoms with E-state index in [-0.39, 0.29) is 5.97 Å². The summed E-state index contributed by atoms with van der Waals surface area (Å²) in [6.07, 6.45) is 2.46. The number of hydrogen-bond acceptors (Lipinski definition) is 2. The summed E-state index contributed by atoms with van der Waals surface area (Å²) in [6, 6.07) is 8.58. The van der Waals surface area contributed by atoms with Gasteiger partial charge in [-0.25, -0.2) is 4.79 Å². The molecule has 0 atom stereocenters. The molecule has 0 aliphatic rings. The third-order valence-electron chi connectivity index (χ3n) is 2.31. The highest BCUT2D eigenvalue weighted by Gasteiger charge is 1.95. The Morgan fingerprint density at radius 1 is 1.26 bits per heavy atom. The minimum Gasteiger partial charge on any atom is -0.466 e. The van der Waals surface area contributed by atoms with Crippen molar-refractivity contribution in [2.45, 2.75) is 47.5 Å². The SMILES string of the molecule is C=C(C)C(=O)OC.CC.CCCc1ccccc1C. The molecule has 0 spiro atoms. The average molecular weight is 264 g/mol. The number of carbonyl (C=O) groups is 1. The molecular formula is C17H28O2. The van der Waals surface area contributed by atoms with E-state index in [4.69, 9.17) is 0 Å². The van der Waals surface area contributed by atoms with Gasteiger partial charge in [-0.3, -0.25) is 0 Å². The molecular weight excluding hydrogens is 236 g/mol. The van der Waals surface area contributed by atoms with E-state index < -0.39 is 0 Å². The van der Waals surface area contributed by atoms with Crippen LogP contribution in [-0.2, 0) is 16.0 Å². The first-order valence-electron chi connectivity index (χ1n) is 6.81. The molecule has 19 heavy (non-hydrogen) atoms. The van der Waals surface area contributed by atoms with Crippen LogP contribution >= 0.6 is 0 Å². The molecule has 2 nitrogen and oxygen atoms in total. The number of aryl methyl sites for hydroxylation is 2. The van der Waals surface area contributed by atoms with Crippen LogP contribution in [-0.4, -0.2) is 13.1 Å². The Balaban J connectivity index is 0. The molecule has 0 N–H and O–H groups in total. The Morgan fingerprint density at radius 2 is 1.79 bits per heavy atom. The van der Waals surface area contributed by atoms with Gasteiger partial charge in [0.2, 0.25) is 0 Å². The Labute approximate surface area is 118 Å². The van der Waals surface area contributed by atoms with Crippen molar-refractivity contribution < 1.29 is 9.53 Å². The molecule has 1 rings (SSSR count). The quantitative estimate of drug-likeness (QED) is 0.584. The molecule has 0 fully saturated rings. The molecule has 2 heteroatoms. The third-order valence-corrected chi connectivity index (χ3v) is 2.31. The van der Waals surface area contributed by atoms with Crippen molar-refractivity contribution >= 4 is 5.97 Å². The van der Waals surface area contributed by atoms with Gasteiger partial charge >= 0.3 is 5.97 Å². The lowest BCUT2D eigenvalue weighted by molar-refractivity contribution is -0.136. The molecule has 1 aromatic rings. The zero-order valence-corrected chi connectivity index (χ0v) is 13.2. The van der Waals surface area contributed by atoms with Gasteiger partial charge in [0, 0.05) is 5.57 Å². The van der Waals surface area contributed by atoms with Gasteiger partial charge in [-0.2, -0.15) is 0 Å². The number of hydrogen-bond donors (Lipinski definition) is 0. The first kappa shape index (κ1) is 19.8. The highest BCUT2D eigenvalue weighted by atomic mass is 16.5. The number of esters is 1. The van der Waals surface area contributed by atoms with Crippen molar-refractivity contribution in [2.24, 2.45) is 0 Å². The molecule has 0 unspecified atom stereocenters. The smallest absolute Gasteiger partial charge is 0.332 e. The lowest BCUT2D eigenvalue weighted by Gasteiger charge is -2.01. The van der Waals surface area contributed by atoms with Gasteiger partial charge in [0.25, 0.3) is 0 Å². The van der Waals surface area contributed by atoms with Crippen molar-refractivity contribution in [1.29, 1.82) is 0 Å². The summed E-state index contributed by atoms with van der Waals surface area (Å²) in [5.41, 5.74) is 3.34. The maximum Gasteiger partial charge on any atom is 0.332 e. The van der Waals surface area contributed by atoms with E-state index in [1.165, 1.54) is 31.1 Å². The maximum atomic E-state index is 10.2. The number of carbonyl (C=O) groups excluding carboxylic acids is 1. The van der Waals surface area contributed by atoms with Gasteiger partial charge in [-0.1, -0.05) is 58.0 Å². The van der Waals surface area contributed by atoms with Crippen molar-refractivity contribution in [1.82, 2.24) is 0 Å². The Kier molecular flexibility index (Phi) is 13.4. The summed E-state index contributed by atoms with van der Waals surface area (Å²) in [7, 11) is 1.33. The lowest BCUT2D eigenvalue weighted by Crippen LogP contribution is -1.98. The first-order valence-corrected chi connectivity index (χ1v) is 6.81. The Bertz CT molecular complexity index is 367. The highest BCUT2D eigenvalue weighted by molar-refractivity contribution is 5.86. The van der Waals surface area contributed by atoms with Crippen LogP contribution in [0.25, 0.3) is 0 Å². The molecule has 1 aromatic carbocycles. The van der Waals surface area contributed by atoms with E-state index in [0.717, 1.165) is 0 Å². The van der Waals surface area contributed by atoms with Crippen molar-refractivity contribution in [3.63, 3.8) is 0 Å². The first-order chi connectivity index (χ1) is 9.02. The summed E-state index contributed by atoms with van der Waals surface area (Å²) in [4.78, 5) is 10.2. The predicted octanol–water partition coefficient (Wildman–Crippen LogP) is 4.71. The molecule has 0 aliphatic carbocycles. The Hall–Kier alpha value is -1.57. The Morgan fingerprint density at radius 3 is 2.11 bits per heavy atom. The van der Waals surface area contributed by atoms with Crippen LogP contribution < -0.4 is 0 Å². The minimum absolute atomic E-state index is 0.347. The number of ether oxygens (including phenoxy) is 1. The largest absolute Gasteiger partial charge is 0.466 e. The number of rotatable bonds is 3. The van der Waals surface area contributed by atoms with E-state index in [1.54, 1.807) is 6.92 Å². The highest BCUT2D eigenvalue weighted by Crippen LogP contribution is 2.08. The molecule has 108 valence electrons. The molecule has 0 radical (unpaired) electrons. The van der Waals surface area contributed by atoms with Crippen LogP contribution in [0.1, 0.15) is 45.2 Å². The molecule has 0 amide bonds. The zero-order valence-electron chi connectivity index (χ0n) is 13.2. The van der Waals surface area contributed by atoms with Crippen LogP contribution in [0, 0.1) is 6.92 Å². The fourth-order valence-electron chi connectivity index (χ4n) is 1.33. The normalized spacial score (nSPS) is 8.32. The fourth-order valence-corrected chi connectivity index (χ4v) is 1.33. The van der Waals surface area contributed by atoms with E-state index in [9.17, 15) is 4.79 Å². The van der Waals surface area contributed by atoms with E-state index in [0.29, 0.717) is 5.57 Å². The van der Waals surface area contributed by atoms with Crippen LogP contribution in [0.4, 0.5) is 0 Å². The lowest BCUT2D eigenvalue weighted by atomic mass is 10.1. The van der Waals surface area contributed by atoms with Crippen LogP contribution in [0.5, 0.6) is 0 Å². The average Bonchev–Trinajstić information content (AvgIpc) is 2.43. The van der Waals surface area contributed by atoms with E-state index in [2.05, 4.69) is 49.4 Å².